The number of ether oxygens (including phenoxy) is 1. The predicted molar refractivity (Wildman–Crippen MR) is 104 cm³/mol. The van der Waals surface area contributed by atoms with Crippen LogP contribution in [0.5, 0.6) is 5.75 Å². The van der Waals surface area contributed by atoms with Gasteiger partial charge in [0.05, 0.1) is 11.1 Å². The van der Waals surface area contributed by atoms with Crippen molar-refractivity contribution in [3.63, 3.8) is 0 Å². The third-order valence-corrected chi connectivity index (χ3v) is 5.03. The predicted octanol–water partition coefficient (Wildman–Crippen LogP) is 4.13. The quantitative estimate of drug-likeness (QED) is 0.474. The maximum Gasteiger partial charge on any atom is 0.276 e. The molecule has 0 saturated carbocycles. The van der Waals surface area contributed by atoms with Crippen LogP contribution in [0.25, 0.3) is 0 Å². The van der Waals surface area contributed by atoms with Gasteiger partial charge in [-0.2, -0.15) is 18.4 Å². The molecule has 8 heteroatoms. The van der Waals surface area contributed by atoms with Gasteiger partial charge in [-0.15, -0.1) is 0 Å². The number of halogens is 1. The highest BCUT2D eigenvalue weighted by molar-refractivity contribution is 7.89. The Hall–Kier alpha value is -2.77. The van der Waals surface area contributed by atoms with Gasteiger partial charge in [0.1, 0.15) is 23.9 Å². The molecule has 1 heterocycles. The fourth-order valence-corrected chi connectivity index (χ4v) is 3.15. The lowest BCUT2D eigenvalue weighted by molar-refractivity contribution is 0.270. The second-order valence-electron chi connectivity index (χ2n) is 5.72. The minimum Gasteiger partial charge on any atom is -0.486 e. The van der Waals surface area contributed by atoms with Gasteiger partial charge in [-0.3, -0.25) is 0 Å². The Morgan fingerprint density at radius 2 is 1.93 bits per heavy atom. The summed E-state index contributed by atoms with van der Waals surface area (Å²) in [5.74, 6) is 1.59. The second-order valence-corrected chi connectivity index (χ2v) is 7.81. The number of nitrogens with one attached hydrogen (secondary N) is 1. The zero-order valence-electron chi connectivity index (χ0n) is 14.4. The summed E-state index contributed by atoms with van der Waals surface area (Å²) in [7, 11) is -3.72. The minimum absolute atomic E-state index is 0.139. The first-order valence-electron chi connectivity index (χ1n) is 8.01. The van der Waals surface area contributed by atoms with Crippen LogP contribution in [-0.4, -0.2) is 14.6 Å². The number of furan rings is 1. The molecule has 27 heavy (non-hydrogen) atoms. The Morgan fingerprint density at radius 1 is 1.15 bits per heavy atom. The van der Waals surface area contributed by atoms with E-state index in [4.69, 9.17) is 20.8 Å². The van der Waals surface area contributed by atoms with Crippen LogP contribution in [0.1, 0.15) is 17.1 Å². The molecule has 0 aliphatic heterocycles. The number of hydrogen-bond acceptors (Lipinski definition) is 5. The molecule has 2 aromatic carbocycles. The summed E-state index contributed by atoms with van der Waals surface area (Å²) < 4.78 is 35.4. The van der Waals surface area contributed by atoms with Crippen molar-refractivity contribution in [2.45, 2.75) is 18.4 Å². The largest absolute Gasteiger partial charge is 0.486 e. The molecule has 0 aliphatic carbocycles. The highest BCUT2D eigenvalue weighted by Crippen LogP contribution is 2.19. The van der Waals surface area contributed by atoms with Crippen LogP contribution in [0.2, 0.25) is 5.02 Å². The van der Waals surface area contributed by atoms with Crippen molar-refractivity contribution in [2.75, 3.05) is 0 Å². The van der Waals surface area contributed by atoms with Gasteiger partial charge in [-0.25, -0.2) is 0 Å². The molecule has 0 amide bonds. The van der Waals surface area contributed by atoms with E-state index in [1.807, 2.05) is 6.92 Å². The SMILES string of the molecule is Cc1ccc(S(=O)(=O)NN=Cc2ccc(COc3cccc(Cl)c3)o2)cc1. The van der Waals surface area contributed by atoms with Crippen molar-refractivity contribution in [3.05, 3.63) is 82.8 Å². The van der Waals surface area contributed by atoms with Gasteiger partial charge in [0.25, 0.3) is 10.0 Å². The summed E-state index contributed by atoms with van der Waals surface area (Å²) in [5, 5.41) is 4.32. The monoisotopic (exact) mass is 404 g/mol. The molecule has 0 saturated heterocycles. The van der Waals surface area contributed by atoms with Crippen LogP contribution >= 0.6 is 11.6 Å². The Labute approximate surface area is 162 Å². The van der Waals surface area contributed by atoms with Gasteiger partial charge in [-0.1, -0.05) is 35.4 Å². The first kappa shape index (κ1) is 19.0. The first-order chi connectivity index (χ1) is 12.9. The lowest BCUT2D eigenvalue weighted by atomic mass is 10.2. The summed E-state index contributed by atoms with van der Waals surface area (Å²) in [4.78, 5) is 2.29. The number of hydrogen-bond donors (Lipinski definition) is 1. The third-order valence-electron chi connectivity index (χ3n) is 3.56. The molecule has 0 aliphatic rings. The van der Waals surface area contributed by atoms with Gasteiger partial charge < -0.3 is 9.15 Å². The number of nitrogens with zero attached hydrogens (tertiary/aromatic N) is 1. The van der Waals surface area contributed by atoms with Crippen molar-refractivity contribution < 1.29 is 17.6 Å². The lowest BCUT2D eigenvalue weighted by Gasteiger charge is -2.04. The molecule has 3 rings (SSSR count). The van der Waals surface area contributed by atoms with Crippen molar-refractivity contribution in [3.8, 4) is 5.75 Å². The van der Waals surface area contributed by atoms with E-state index in [0.717, 1.165) is 5.56 Å². The van der Waals surface area contributed by atoms with Crippen molar-refractivity contribution >= 4 is 27.8 Å². The summed E-state index contributed by atoms with van der Waals surface area (Å²) in [6.07, 6.45) is 1.29. The fraction of sp³-hybridized carbons (Fsp3) is 0.105. The van der Waals surface area contributed by atoms with E-state index in [1.165, 1.54) is 18.3 Å². The first-order valence-corrected chi connectivity index (χ1v) is 9.87. The molecule has 3 aromatic rings. The Balaban J connectivity index is 1.57. The molecule has 0 radical (unpaired) electrons. The van der Waals surface area contributed by atoms with E-state index in [2.05, 4.69) is 9.93 Å². The molecule has 0 atom stereocenters. The van der Waals surface area contributed by atoms with Gasteiger partial charge in [0.2, 0.25) is 0 Å². The van der Waals surface area contributed by atoms with E-state index in [1.54, 1.807) is 48.5 Å². The van der Waals surface area contributed by atoms with Gasteiger partial charge in [0.15, 0.2) is 0 Å². The molecule has 6 nitrogen and oxygen atoms in total. The lowest BCUT2D eigenvalue weighted by Crippen LogP contribution is -2.18. The van der Waals surface area contributed by atoms with E-state index in [-0.39, 0.29) is 11.5 Å². The Bertz CT molecular complexity index is 1040. The number of rotatable bonds is 7. The number of aryl methyl sites for hydroxylation is 1. The molecule has 0 spiro atoms. The van der Waals surface area contributed by atoms with Crippen LogP contribution in [0.3, 0.4) is 0 Å². The van der Waals surface area contributed by atoms with Gasteiger partial charge >= 0.3 is 0 Å². The van der Waals surface area contributed by atoms with Crippen LogP contribution in [0.15, 0.2) is 75.1 Å². The average Bonchev–Trinajstić information content (AvgIpc) is 3.08. The number of sulfonamides is 1. The minimum atomic E-state index is -3.72. The zero-order chi connectivity index (χ0) is 19.3. The van der Waals surface area contributed by atoms with Gasteiger partial charge in [-0.05, 0) is 49.4 Å². The summed E-state index contributed by atoms with van der Waals surface area (Å²) in [5.41, 5.74) is 0.973. The van der Waals surface area contributed by atoms with Gasteiger partial charge in [0, 0.05) is 5.02 Å². The maximum absolute atomic E-state index is 12.1. The van der Waals surface area contributed by atoms with Crippen LogP contribution in [0, 0.1) is 6.92 Å². The van der Waals surface area contributed by atoms with Crippen LogP contribution < -0.4 is 9.57 Å². The van der Waals surface area contributed by atoms with E-state index >= 15 is 0 Å². The molecule has 0 bridgehead atoms. The second kappa shape index (κ2) is 8.28. The van der Waals surface area contributed by atoms with E-state index < -0.39 is 10.0 Å². The van der Waals surface area contributed by atoms with Crippen LogP contribution in [-0.2, 0) is 16.6 Å². The zero-order valence-corrected chi connectivity index (χ0v) is 16.0. The molecule has 1 N–H and O–H groups in total. The van der Waals surface area contributed by atoms with E-state index in [9.17, 15) is 8.42 Å². The fourth-order valence-electron chi connectivity index (χ4n) is 2.18. The maximum atomic E-state index is 12.1. The number of benzene rings is 2. The average molecular weight is 405 g/mol. The topological polar surface area (TPSA) is 80.9 Å². The highest BCUT2D eigenvalue weighted by Gasteiger charge is 2.12. The summed E-state index contributed by atoms with van der Waals surface area (Å²) in [6.45, 7) is 2.09. The Kier molecular flexibility index (Phi) is 5.83. The normalized spacial score (nSPS) is 11.6. The molecule has 0 unspecified atom stereocenters. The Morgan fingerprint density at radius 3 is 2.67 bits per heavy atom. The molecule has 0 fully saturated rings. The van der Waals surface area contributed by atoms with Crippen molar-refractivity contribution in [1.82, 2.24) is 4.83 Å². The molecular formula is C19H17ClN2O4S. The van der Waals surface area contributed by atoms with E-state index in [0.29, 0.717) is 22.3 Å². The van der Waals surface area contributed by atoms with Crippen molar-refractivity contribution in [1.29, 1.82) is 0 Å². The molecule has 140 valence electrons. The number of hydrazone groups is 1. The highest BCUT2D eigenvalue weighted by atomic mass is 35.5. The molecule has 1 aromatic heterocycles. The summed E-state index contributed by atoms with van der Waals surface area (Å²) >= 11 is 5.90. The standard InChI is InChI=1S/C19H17ClN2O4S/c1-14-5-9-19(10-6-14)27(23,24)22-21-12-17-7-8-18(26-17)13-25-16-4-2-3-15(20)11-16/h2-12,22H,13H2,1H3. The molecular weight excluding hydrogens is 388 g/mol. The third kappa shape index (κ3) is 5.35. The van der Waals surface area contributed by atoms with Crippen LogP contribution in [0.4, 0.5) is 0 Å². The smallest absolute Gasteiger partial charge is 0.276 e. The summed E-state index contributed by atoms with van der Waals surface area (Å²) in [6, 6.07) is 16.9. The van der Waals surface area contributed by atoms with Crippen molar-refractivity contribution in [2.24, 2.45) is 5.10 Å².